The maximum atomic E-state index is 6.48. The number of likely N-dealkylation sites (tertiary alicyclic amines) is 2. The number of hydrogen-bond acceptors (Lipinski definition) is 4. The summed E-state index contributed by atoms with van der Waals surface area (Å²) in [5, 5.41) is 6.04. The Labute approximate surface area is 207 Å². The van der Waals surface area contributed by atoms with Crippen LogP contribution in [0, 0.1) is 11.8 Å². The first kappa shape index (κ1) is 24.5. The van der Waals surface area contributed by atoms with E-state index in [0.29, 0.717) is 23.0 Å². The van der Waals surface area contributed by atoms with Crippen molar-refractivity contribution in [2.45, 2.75) is 51.2 Å². The molecular weight excluding hydrogens is 459 g/mol. The zero-order valence-electron chi connectivity index (χ0n) is 19.3. The maximum absolute atomic E-state index is 6.48. The van der Waals surface area contributed by atoms with Crippen LogP contribution in [-0.4, -0.2) is 55.7 Å². The molecule has 2 fully saturated rings. The van der Waals surface area contributed by atoms with Gasteiger partial charge < -0.3 is 9.64 Å². The van der Waals surface area contributed by atoms with Crippen LogP contribution in [0.25, 0.3) is 0 Å². The Kier molecular flexibility index (Phi) is 8.94. The summed E-state index contributed by atoms with van der Waals surface area (Å²) in [4.78, 5) is 5.30. The van der Waals surface area contributed by atoms with Crippen LogP contribution in [0.1, 0.15) is 49.7 Å². The van der Waals surface area contributed by atoms with Gasteiger partial charge in [-0.25, -0.2) is 0 Å². The molecule has 1 aromatic carbocycles. The quantitative estimate of drug-likeness (QED) is 0.381. The third kappa shape index (κ3) is 6.28. The summed E-state index contributed by atoms with van der Waals surface area (Å²) in [6, 6.07) is 8.21. The van der Waals surface area contributed by atoms with Crippen molar-refractivity contribution in [3.05, 3.63) is 56.2 Å². The lowest BCUT2D eigenvalue weighted by Crippen LogP contribution is -2.39. The second kappa shape index (κ2) is 11.7. The molecule has 1 unspecified atom stereocenters. The van der Waals surface area contributed by atoms with Gasteiger partial charge in [-0.3, -0.25) is 4.90 Å². The Morgan fingerprint density at radius 2 is 1.94 bits per heavy atom. The van der Waals surface area contributed by atoms with Crippen LogP contribution in [0.5, 0.6) is 0 Å². The van der Waals surface area contributed by atoms with E-state index < -0.39 is 0 Å². The van der Waals surface area contributed by atoms with Gasteiger partial charge in [-0.15, -0.1) is 0 Å². The molecule has 0 amide bonds. The Morgan fingerprint density at radius 1 is 1.12 bits per heavy atom. The maximum Gasteiger partial charge on any atom is 0.0571 e. The highest BCUT2D eigenvalue weighted by Gasteiger charge is 2.36. The molecule has 3 heterocycles. The summed E-state index contributed by atoms with van der Waals surface area (Å²) in [6.45, 7) is 8.99. The van der Waals surface area contributed by atoms with Crippen molar-refractivity contribution in [3.63, 3.8) is 0 Å². The number of thiophene rings is 1. The summed E-state index contributed by atoms with van der Waals surface area (Å²) in [5.41, 5.74) is 2.68. The molecule has 0 N–H and O–H groups in total. The van der Waals surface area contributed by atoms with E-state index in [1.165, 1.54) is 50.0 Å². The van der Waals surface area contributed by atoms with E-state index in [0.717, 1.165) is 37.0 Å². The van der Waals surface area contributed by atoms with Gasteiger partial charge in [-0.2, -0.15) is 11.3 Å². The van der Waals surface area contributed by atoms with Gasteiger partial charge in [0.2, 0.25) is 0 Å². The molecule has 6 heteroatoms. The highest BCUT2D eigenvalue weighted by molar-refractivity contribution is 7.08. The summed E-state index contributed by atoms with van der Waals surface area (Å²) in [5.74, 6) is 2.08. The third-order valence-corrected chi connectivity index (χ3v) is 8.77. The monoisotopic (exact) mass is 494 g/mol. The van der Waals surface area contributed by atoms with Crippen LogP contribution in [0.3, 0.4) is 0 Å². The fourth-order valence-corrected chi connectivity index (χ4v) is 6.76. The molecule has 0 radical (unpaired) electrons. The fourth-order valence-electron chi connectivity index (χ4n) is 5.57. The van der Waals surface area contributed by atoms with Crippen molar-refractivity contribution < 1.29 is 4.74 Å². The lowest BCUT2D eigenvalue weighted by atomic mass is 9.87. The first-order valence-electron chi connectivity index (χ1n) is 12.0. The number of ether oxygens (including phenoxy) is 1. The normalized spacial score (nSPS) is 24.2. The van der Waals surface area contributed by atoms with Gasteiger partial charge in [-0.05, 0) is 90.7 Å². The average molecular weight is 496 g/mol. The molecule has 2 saturated heterocycles. The molecule has 4 rings (SSSR count). The number of hydrogen-bond donors (Lipinski definition) is 0. The van der Waals surface area contributed by atoms with Crippen LogP contribution in [0.4, 0.5) is 0 Å². The van der Waals surface area contributed by atoms with E-state index in [2.05, 4.69) is 39.6 Å². The number of benzene rings is 1. The van der Waals surface area contributed by atoms with Crippen LogP contribution in [-0.2, 0) is 11.3 Å². The molecule has 2 aromatic rings. The molecule has 3 atom stereocenters. The molecule has 0 spiro atoms. The average Bonchev–Trinajstić information content (AvgIpc) is 3.45. The van der Waals surface area contributed by atoms with Gasteiger partial charge in [0, 0.05) is 49.3 Å². The standard InChI is InChI=1S/C26H36Cl2N2OS/c1-3-24(31-2)12-19-6-9-29(10-7-19)15-22-16-30(17-25(22)21-8-11-32-18-21)14-20-4-5-23(27)13-26(20)28/h4-5,8,11,13,18-19,22,24-25H,3,6-7,9-10,12,14-17H2,1-2H3/t22-,24?,25+/m0/s1. The Balaban J connectivity index is 1.36. The molecule has 0 saturated carbocycles. The van der Waals surface area contributed by atoms with E-state index >= 15 is 0 Å². The van der Waals surface area contributed by atoms with Gasteiger partial charge in [0.05, 0.1) is 6.10 Å². The van der Waals surface area contributed by atoms with Crippen molar-refractivity contribution in [2.24, 2.45) is 11.8 Å². The highest BCUT2D eigenvalue weighted by Crippen LogP contribution is 2.37. The van der Waals surface area contributed by atoms with E-state index in [-0.39, 0.29) is 0 Å². The van der Waals surface area contributed by atoms with E-state index in [9.17, 15) is 0 Å². The number of piperidine rings is 1. The summed E-state index contributed by atoms with van der Waals surface area (Å²) >= 11 is 14.4. The second-order valence-corrected chi connectivity index (χ2v) is 11.2. The molecule has 2 aliphatic heterocycles. The molecule has 2 aliphatic rings. The molecule has 176 valence electrons. The number of nitrogens with zero attached hydrogens (tertiary/aromatic N) is 2. The van der Waals surface area contributed by atoms with Crippen LogP contribution < -0.4 is 0 Å². The van der Waals surface area contributed by atoms with Gasteiger partial charge >= 0.3 is 0 Å². The minimum atomic E-state index is 0.428. The summed E-state index contributed by atoms with van der Waals surface area (Å²) in [7, 11) is 1.86. The minimum Gasteiger partial charge on any atom is -0.381 e. The van der Waals surface area contributed by atoms with Gasteiger partial charge in [-0.1, -0.05) is 36.2 Å². The van der Waals surface area contributed by atoms with Crippen molar-refractivity contribution in [1.82, 2.24) is 9.80 Å². The first-order chi connectivity index (χ1) is 15.6. The smallest absolute Gasteiger partial charge is 0.0571 e. The lowest BCUT2D eigenvalue weighted by Gasteiger charge is -2.35. The van der Waals surface area contributed by atoms with Gasteiger partial charge in [0.15, 0.2) is 0 Å². The fraction of sp³-hybridized carbons (Fsp3) is 0.615. The second-order valence-electron chi connectivity index (χ2n) is 9.60. The number of halogens is 2. The van der Waals surface area contributed by atoms with Crippen molar-refractivity contribution >= 4 is 34.5 Å². The largest absolute Gasteiger partial charge is 0.381 e. The summed E-state index contributed by atoms with van der Waals surface area (Å²) in [6.07, 6.45) is 5.38. The minimum absolute atomic E-state index is 0.428. The predicted octanol–water partition coefficient (Wildman–Crippen LogP) is 6.80. The Bertz CT molecular complexity index is 834. The Hall–Kier alpha value is -0.620. The van der Waals surface area contributed by atoms with Crippen molar-refractivity contribution in [3.8, 4) is 0 Å². The molecule has 3 nitrogen and oxygen atoms in total. The van der Waals surface area contributed by atoms with Crippen LogP contribution >= 0.6 is 34.5 Å². The first-order valence-corrected chi connectivity index (χ1v) is 13.7. The van der Waals surface area contributed by atoms with Crippen LogP contribution in [0.15, 0.2) is 35.0 Å². The van der Waals surface area contributed by atoms with Gasteiger partial charge in [0.1, 0.15) is 0 Å². The SMILES string of the molecule is CCC(CC1CCN(C[C@H]2CN(Cc3ccc(Cl)cc3Cl)C[C@@H]2c2ccsc2)CC1)OC. The third-order valence-electron chi connectivity index (χ3n) is 7.48. The number of rotatable bonds is 9. The van der Waals surface area contributed by atoms with E-state index in [1.807, 2.05) is 30.6 Å². The highest BCUT2D eigenvalue weighted by atomic mass is 35.5. The zero-order chi connectivity index (χ0) is 22.5. The van der Waals surface area contributed by atoms with Crippen molar-refractivity contribution in [1.29, 1.82) is 0 Å². The molecule has 0 bridgehead atoms. The van der Waals surface area contributed by atoms with E-state index in [1.54, 1.807) is 0 Å². The lowest BCUT2D eigenvalue weighted by molar-refractivity contribution is 0.0595. The molecule has 32 heavy (non-hydrogen) atoms. The zero-order valence-corrected chi connectivity index (χ0v) is 21.6. The van der Waals surface area contributed by atoms with Crippen molar-refractivity contribution in [2.75, 3.05) is 39.8 Å². The molecular formula is C26H36Cl2N2OS. The molecule has 1 aromatic heterocycles. The topological polar surface area (TPSA) is 15.7 Å². The predicted molar refractivity (Wildman–Crippen MR) is 137 cm³/mol. The number of methoxy groups -OCH3 is 1. The van der Waals surface area contributed by atoms with Gasteiger partial charge in [0.25, 0.3) is 0 Å². The van der Waals surface area contributed by atoms with E-state index in [4.69, 9.17) is 27.9 Å². The summed E-state index contributed by atoms with van der Waals surface area (Å²) < 4.78 is 5.63. The molecule has 0 aliphatic carbocycles. The van der Waals surface area contributed by atoms with Crippen LogP contribution in [0.2, 0.25) is 10.0 Å². The Morgan fingerprint density at radius 3 is 2.59 bits per heavy atom.